The van der Waals surface area contributed by atoms with Gasteiger partial charge in [-0.05, 0) is 13.0 Å². The molecule has 136 valence electrons. The summed E-state index contributed by atoms with van der Waals surface area (Å²) in [5.41, 5.74) is 0.148. The van der Waals surface area contributed by atoms with Crippen molar-refractivity contribution in [3.8, 4) is 11.5 Å². The van der Waals surface area contributed by atoms with Gasteiger partial charge in [0.1, 0.15) is 0 Å². The van der Waals surface area contributed by atoms with E-state index in [-0.39, 0.29) is 35.6 Å². The molecule has 10 heteroatoms. The van der Waals surface area contributed by atoms with E-state index in [2.05, 4.69) is 15.0 Å². The van der Waals surface area contributed by atoms with Crippen LogP contribution >= 0.6 is 12.4 Å². The highest BCUT2D eigenvalue weighted by Crippen LogP contribution is 2.36. The summed E-state index contributed by atoms with van der Waals surface area (Å²) in [6, 6.07) is 2.60. The first-order chi connectivity index (χ1) is 10.9. The van der Waals surface area contributed by atoms with Crippen molar-refractivity contribution in [2.75, 3.05) is 26.7 Å². The Bertz CT molecular complexity index is 577. The highest BCUT2D eigenvalue weighted by atomic mass is 35.5. The Kier molecular flexibility index (Phi) is 7.59. The number of hydrogen-bond donors (Lipinski definition) is 1. The Labute approximate surface area is 144 Å². The van der Waals surface area contributed by atoms with Crippen LogP contribution in [-0.4, -0.2) is 49.2 Å². The van der Waals surface area contributed by atoms with Gasteiger partial charge in [0.15, 0.2) is 11.5 Å². The van der Waals surface area contributed by atoms with E-state index in [1.807, 2.05) is 6.92 Å². The number of nitro benzene ring substituents is 1. The zero-order valence-corrected chi connectivity index (χ0v) is 14.1. The minimum atomic E-state index is -3.08. The van der Waals surface area contributed by atoms with Crippen molar-refractivity contribution in [2.45, 2.75) is 26.1 Å². The smallest absolute Gasteiger partial charge is 0.387 e. The molecule has 0 spiro atoms. The molecule has 0 unspecified atom stereocenters. The summed E-state index contributed by atoms with van der Waals surface area (Å²) in [7, 11) is 1.30. The Hall–Kier alpha value is -1.71. The Morgan fingerprint density at radius 2 is 2.17 bits per heavy atom. The summed E-state index contributed by atoms with van der Waals surface area (Å²) in [6.07, 6.45) is 0. The lowest BCUT2D eigenvalue weighted by molar-refractivity contribution is -0.385. The summed E-state index contributed by atoms with van der Waals surface area (Å²) < 4.78 is 34.2. The van der Waals surface area contributed by atoms with Crippen LogP contribution in [-0.2, 0) is 6.54 Å². The topological polar surface area (TPSA) is 76.9 Å². The molecule has 1 atom stereocenters. The number of benzene rings is 1. The normalized spacial score (nSPS) is 18.1. The van der Waals surface area contributed by atoms with E-state index in [4.69, 9.17) is 4.74 Å². The standard InChI is InChI=1S/C14H19F2N3O4.ClH/c1-9-7-17-3-4-18(9)8-10-5-12(22-2)13(23-14(15)16)6-11(10)19(20)21;/h5-6,9,14,17H,3-4,7-8H2,1-2H3;1H/t9-;/m1./s1. The highest BCUT2D eigenvalue weighted by Gasteiger charge is 2.25. The third-order valence-corrected chi connectivity index (χ3v) is 3.79. The van der Waals surface area contributed by atoms with Crippen LogP contribution in [0.15, 0.2) is 12.1 Å². The average molecular weight is 368 g/mol. The number of ether oxygens (including phenoxy) is 2. The van der Waals surface area contributed by atoms with Crippen molar-refractivity contribution in [1.29, 1.82) is 0 Å². The lowest BCUT2D eigenvalue weighted by Crippen LogP contribution is -2.49. The zero-order valence-electron chi connectivity index (χ0n) is 13.3. The van der Waals surface area contributed by atoms with Gasteiger partial charge in [0.05, 0.1) is 18.1 Å². The number of methoxy groups -OCH3 is 1. The first kappa shape index (κ1) is 20.3. The molecule has 24 heavy (non-hydrogen) atoms. The van der Waals surface area contributed by atoms with Crippen LogP contribution < -0.4 is 14.8 Å². The maximum atomic E-state index is 12.4. The molecule has 0 amide bonds. The molecule has 1 N–H and O–H groups in total. The Balaban J connectivity index is 0.00000288. The van der Waals surface area contributed by atoms with Gasteiger partial charge in [-0.3, -0.25) is 15.0 Å². The van der Waals surface area contributed by atoms with Crippen molar-refractivity contribution >= 4 is 18.1 Å². The van der Waals surface area contributed by atoms with E-state index < -0.39 is 11.5 Å². The van der Waals surface area contributed by atoms with Gasteiger partial charge < -0.3 is 14.8 Å². The summed E-state index contributed by atoms with van der Waals surface area (Å²) in [5, 5.41) is 14.5. The molecule has 1 aliphatic heterocycles. The molecule has 1 aromatic carbocycles. The largest absolute Gasteiger partial charge is 0.493 e. The van der Waals surface area contributed by atoms with Gasteiger partial charge in [-0.1, -0.05) is 0 Å². The fraction of sp³-hybridized carbons (Fsp3) is 0.571. The van der Waals surface area contributed by atoms with Crippen LogP contribution in [0.25, 0.3) is 0 Å². The number of nitrogens with zero attached hydrogens (tertiary/aromatic N) is 2. The SMILES string of the molecule is COc1cc(CN2CCNC[C@H]2C)c([N+](=O)[O-])cc1OC(F)F.Cl. The number of piperazine rings is 1. The monoisotopic (exact) mass is 367 g/mol. The molecule has 2 rings (SSSR count). The summed E-state index contributed by atoms with van der Waals surface area (Å²) in [5.74, 6) is -0.292. The van der Waals surface area contributed by atoms with Gasteiger partial charge >= 0.3 is 6.61 Å². The Morgan fingerprint density at radius 3 is 2.71 bits per heavy atom. The molecule has 0 bridgehead atoms. The van der Waals surface area contributed by atoms with Crippen LogP contribution in [0, 0.1) is 10.1 Å². The summed E-state index contributed by atoms with van der Waals surface area (Å²) >= 11 is 0. The van der Waals surface area contributed by atoms with Crippen LogP contribution in [0.3, 0.4) is 0 Å². The number of rotatable bonds is 6. The van der Waals surface area contributed by atoms with Crippen molar-refractivity contribution in [2.24, 2.45) is 0 Å². The van der Waals surface area contributed by atoms with E-state index >= 15 is 0 Å². The highest BCUT2D eigenvalue weighted by molar-refractivity contribution is 5.85. The third kappa shape index (κ3) is 4.89. The number of alkyl halides is 2. The summed E-state index contributed by atoms with van der Waals surface area (Å²) in [6.45, 7) is 1.60. The molecular formula is C14H20ClF2N3O4. The zero-order chi connectivity index (χ0) is 17.0. The number of halogens is 3. The van der Waals surface area contributed by atoms with Crippen LogP contribution in [0.5, 0.6) is 11.5 Å². The van der Waals surface area contributed by atoms with Crippen LogP contribution in [0.2, 0.25) is 0 Å². The molecule has 0 aromatic heterocycles. The van der Waals surface area contributed by atoms with E-state index in [9.17, 15) is 18.9 Å². The number of hydrogen-bond acceptors (Lipinski definition) is 6. The number of nitro groups is 1. The maximum Gasteiger partial charge on any atom is 0.387 e. The predicted octanol–water partition coefficient (Wildman–Crippen LogP) is 2.42. The second-order valence-electron chi connectivity index (χ2n) is 5.29. The molecule has 0 aliphatic carbocycles. The molecule has 1 saturated heterocycles. The second kappa shape index (κ2) is 8.95. The summed E-state index contributed by atoms with van der Waals surface area (Å²) in [4.78, 5) is 12.8. The maximum absolute atomic E-state index is 12.4. The van der Waals surface area contributed by atoms with Crippen molar-refractivity contribution in [1.82, 2.24) is 10.2 Å². The Morgan fingerprint density at radius 1 is 1.46 bits per heavy atom. The lowest BCUT2D eigenvalue weighted by atomic mass is 10.1. The lowest BCUT2D eigenvalue weighted by Gasteiger charge is -2.33. The molecule has 7 nitrogen and oxygen atoms in total. The van der Waals surface area contributed by atoms with Crippen molar-refractivity contribution < 1.29 is 23.2 Å². The molecule has 1 fully saturated rings. The quantitative estimate of drug-likeness (QED) is 0.614. The molecule has 1 aliphatic rings. The number of nitrogens with one attached hydrogen (secondary N) is 1. The minimum Gasteiger partial charge on any atom is -0.493 e. The fourth-order valence-electron chi connectivity index (χ4n) is 2.57. The van der Waals surface area contributed by atoms with Crippen molar-refractivity contribution in [3.63, 3.8) is 0 Å². The van der Waals surface area contributed by atoms with Gasteiger partial charge in [-0.2, -0.15) is 8.78 Å². The van der Waals surface area contributed by atoms with Gasteiger partial charge in [0.25, 0.3) is 5.69 Å². The molecule has 0 radical (unpaired) electrons. The van der Waals surface area contributed by atoms with E-state index in [1.54, 1.807) is 0 Å². The van der Waals surface area contributed by atoms with Crippen LogP contribution in [0.4, 0.5) is 14.5 Å². The average Bonchev–Trinajstić information content (AvgIpc) is 2.49. The van der Waals surface area contributed by atoms with Gasteiger partial charge in [-0.15, -0.1) is 12.4 Å². The molecular weight excluding hydrogens is 348 g/mol. The van der Waals surface area contributed by atoms with Gasteiger partial charge in [0.2, 0.25) is 0 Å². The predicted molar refractivity (Wildman–Crippen MR) is 86.3 cm³/mol. The van der Waals surface area contributed by atoms with Gasteiger partial charge in [-0.25, -0.2) is 0 Å². The third-order valence-electron chi connectivity index (χ3n) is 3.79. The van der Waals surface area contributed by atoms with Crippen LogP contribution in [0.1, 0.15) is 12.5 Å². The molecule has 1 heterocycles. The van der Waals surface area contributed by atoms with Gasteiger partial charge in [0, 0.05) is 37.8 Å². The minimum absolute atomic E-state index is 0. The first-order valence-electron chi connectivity index (χ1n) is 7.17. The second-order valence-corrected chi connectivity index (χ2v) is 5.29. The van der Waals surface area contributed by atoms with E-state index in [0.29, 0.717) is 12.1 Å². The fourth-order valence-corrected chi connectivity index (χ4v) is 2.57. The molecule has 0 saturated carbocycles. The van der Waals surface area contributed by atoms with E-state index in [1.165, 1.54) is 13.2 Å². The van der Waals surface area contributed by atoms with E-state index in [0.717, 1.165) is 25.7 Å². The van der Waals surface area contributed by atoms with Crippen molar-refractivity contribution in [3.05, 3.63) is 27.8 Å². The molecule has 1 aromatic rings. The first-order valence-corrected chi connectivity index (χ1v) is 7.17.